The molecule has 0 heterocycles. The number of halogens is 2. The molecule has 0 aromatic heterocycles. The Morgan fingerprint density at radius 3 is 2.50 bits per heavy atom. The van der Waals surface area contributed by atoms with Crippen LogP contribution in [0.4, 0.5) is 0 Å². The molecule has 60 valence electrons. The van der Waals surface area contributed by atoms with Crippen molar-refractivity contribution in [1.82, 2.24) is 0 Å². The van der Waals surface area contributed by atoms with Gasteiger partial charge in [0, 0.05) is 0 Å². The van der Waals surface area contributed by atoms with Gasteiger partial charge in [0.1, 0.15) is 0 Å². The first-order chi connectivity index (χ1) is 4.62. The van der Waals surface area contributed by atoms with E-state index in [4.69, 9.17) is 22.2 Å². The smallest absolute Gasteiger partial charge is 0.146 e. The van der Waals surface area contributed by atoms with E-state index in [0.717, 1.165) is 18.5 Å². The Hall–Kier alpha value is 0.537. The van der Waals surface area contributed by atoms with E-state index in [9.17, 15) is 0 Å². The summed E-state index contributed by atoms with van der Waals surface area (Å²) in [5.41, 5.74) is 0. The summed E-state index contributed by atoms with van der Waals surface area (Å²) in [6.45, 7) is 3.87. The first kappa shape index (κ1) is 10.5. The van der Waals surface area contributed by atoms with Gasteiger partial charge < -0.3 is 0 Å². The molecule has 0 amide bonds. The van der Waals surface area contributed by atoms with Crippen LogP contribution in [0.2, 0.25) is 12.1 Å². The number of hydrogen-bond donors (Lipinski definition) is 0. The van der Waals surface area contributed by atoms with Crippen LogP contribution in [0, 0.1) is 0 Å². The predicted octanol–water partition coefficient (Wildman–Crippen LogP) is 3.89. The second-order valence-corrected chi connectivity index (χ2v) is 9.99. The summed E-state index contributed by atoms with van der Waals surface area (Å²) in [4.78, 5) is 0. The summed E-state index contributed by atoms with van der Waals surface area (Å²) in [5, 5.41) is 0. The molecule has 0 saturated heterocycles. The standard InChI is InChI=1S/C7H14Cl2Si/c1-3-5-7-10(8,9)6-4-2/h4H,2-3,5-7H2,1H3. The van der Waals surface area contributed by atoms with Crippen LogP contribution >= 0.6 is 22.2 Å². The predicted molar refractivity (Wildman–Crippen MR) is 52.2 cm³/mol. The molecule has 0 nitrogen and oxygen atoms in total. The van der Waals surface area contributed by atoms with Gasteiger partial charge in [0.25, 0.3) is 6.69 Å². The molecule has 0 aromatic rings. The molecule has 0 rings (SSSR count). The van der Waals surface area contributed by atoms with Gasteiger partial charge in [-0.2, -0.15) is 0 Å². The van der Waals surface area contributed by atoms with Crippen LogP contribution in [-0.2, 0) is 0 Å². The van der Waals surface area contributed by atoms with Crippen molar-refractivity contribution in [3.05, 3.63) is 12.7 Å². The Balaban J connectivity index is 3.51. The Labute approximate surface area is 73.6 Å². The van der Waals surface area contributed by atoms with Crippen molar-refractivity contribution in [1.29, 1.82) is 0 Å². The van der Waals surface area contributed by atoms with E-state index in [1.807, 2.05) is 6.08 Å². The van der Waals surface area contributed by atoms with Crippen LogP contribution < -0.4 is 0 Å². The number of rotatable bonds is 5. The Bertz CT molecular complexity index is 102. The van der Waals surface area contributed by atoms with Gasteiger partial charge in [-0.1, -0.05) is 25.8 Å². The fourth-order valence-electron chi connectivity index (χ4n) is 0.749. The van der Waals surface area contributed by atoms with Crippen molar-refractivity contribution >= 4 is 28.9 Å². The second-order valence-electron chi connectivity index (χ2n) is 2.45. The summed E-state index contributed by atoms with van der Waals surface area (Å²) < 4.78 is 0. The van der Waals surface area contributed by atoms with Gasteiger partial charge in [0.15, 0.2) is 0 Å². The number of allylic oxidation sites excluding steroid dienone is 1. The van der Waals surface area contributed by atoms with Crippen molar-refractivity contribution in [3.63, 3.8) is 0 Å². The first-order valence-corrected chi connectivity index (χ1v) is 8.05. The molecule has 0 saturated carbocycles. The third-order valence-corrected chi connectivity index (χ3v) is 5.37. The summed E-state index contributed by atoms with van der Waals surface area (Å²) in [7, 11) is 0. The van der Waals surface area contributed by atoms with Crippen LogP contribution in [0.1, 0.15) is 19.8 Å². The van der Waals surface area contributed by atoms with E-state index in [-0.39, 0.29) is 0 Å². The zero-order valence-electron chi connectivity index (χ0n) is 6.37. The summed E-state index contributed by atoms with van der Waals surface area (Å²) in [6, 6.07) is 1.81. The highest BCUT2D eigenvalue weighted by Gasteiger charge is 2.24. The molecule has 10 heavy (non-hydrogen) atoms. The van der Waals surface area contributed by atoms with Gasteiger partial charge in [-0.25, -0.2) is 0 Å². The molecule has 0 aliphatic carbocycles. The van der Waals surface area contributed by atoms with Gasteiger partial charge in [0.05, 0.1) is 0 Å². The fourth-order valence-corrected chi connectivity index (χ4v) is 3.70. The maximum Gasteiger partial charge on any atom is 0.254 e. The largest absolute Gasteiger partial charge is 0.254 e. The van der Waals surface area contributed by atoms with Crippen LogP contribution in [0.5, 0.6) is 0 Å². The molecule has 0 aromatic carbocycles. The number of hydrogen-bond acceptors (Lipinski definition) is 0. The minimum atomic E-state index is -1.90. The van der Waals surface area contributed by atoms with Crippen LogP contribution in [-0.4, -0.2) is 6.69 Å². The second kappa shape index (κ2) is 5.22. The SMILES string of the molecule is C=CC[Si](Cl)(Cl)CCCC. The zero-order valence-corrected chi connectivity index (χ0v) is 8.88. The summed E-state index contributed by atoms with van der Waals surface area (Å²) in [5.74, 6) is 0. The molecule has 0 radical (unpaired) electrons. The van der Waals surface area contributed by atoms with Crippen molar-refractivity contribution in [2.24, 2.45) is 0 Å². The number of unbranched alkanes of at least 4 members (excludes halogenated alkanes) is 1. The highest BCUT2D eigenvalue weighted by molar-refractivity contribution is 7.45. The zero-order chi connectivity index (χ0) is 8.04. The molecule has 0 aliphatic rings. The summed E-state index contributed by atoms with van der Waals surface area (Å²) >= 11 is 12.1. The normalized spacial score (nSPS) is 11.5. The molecule has 0 aliphatic heterocycles. The van der Waals surface area contributed by atoms with Crippen molar-refractivity contribution in [3.8, 4) is 0 Å². The first-order valence-electron chi connectivity index (χ1n) is 3.61. The van der Waals surface area contributed by atoms with Crippen LogP contribution in [0.25, 0.3) is 0 Å². The highest BCUT2D eigenvalue weighted by Crippen LogP contribution is 2.27. The molecule has 0 unspecified atom stereocenters. The van der Waals surface area contributed by atoms with E-state index in [1.54, 1.807) is 0 Å². The molecule has 0 atom stereocenters. The fraction of sp³-hybridized carbons (Fsp3) is 0.714. The Kier molecular flexibility index (Phi) is 5.50. The summed E-state index contributed by atoms with van der Waals surface area (Å²) in [6.07, 6.45) is 4.14. The maximum atomic E-state index is 6.05. The lowest BCUT2D eigenvalue weighted by molar-refractivity contribution is 0.875. The van der Waals surface area contributed by atoms with Crippen LogP contribution in [0.15, 0.2) is 12.7 Å². The van der Waals surface area contributed by atoms with Gasteiger partial charge in [-0.05, 0) is 12.1 Å². The minimum Gasteiger partial charge on any atom is -0.146 e. The van der Waals surface area contributed by atoms with Crippen molar-refractivity contribution in [2.75, 3.05) is 0 Å². The van der Waals surface area contributed by atoms with Crippen molar-refractivity contribution < 1.29 is 0 Å². The highest BCUT2D eigenvalue weighted by atomic mass is 35.7. The molecule has 0 bridgehead atoms. The minimum absolute atomic E-state index is 0.816. The lowest BCUT2D eigenvalue weighted by Gasteiger charge is -2.12. The van der Waals surface area contributed by atoms with Gasteiger partial charge in [-0.3, -0.25) is 0 Å². The van der Waals surface area contributed by atoms with E-state index >= 15 is 0 Å². The quantitative estimate of drug-likeness (QED) is 0.356. The molecule has 0 spiro atoms. The van der Waals surface area contributed by atoms with E-state index in [2.05, 4.69) is 13.5 Å². The maximum absolute atomic E-state index is 6.05. The monoisotopic (exact) mass is 196 g/mol. The lowest BCUT2D eigenvalue weighted by atomic mass is 10.4. The topological polar surface area (TPSA) is 0 Å². The van der Waals surface area contributed by atoms with Gasteiger partial charge in [0.2, 0.25) is 0 Å². The Morgan fingerprint density at radius 2 is 2.10 bits per heavy atom. The van der Waals surface area contributed by atoms with Crippen molar-refractivity contribution in [2.45, 2.75) is 31.9 Å². The molecule has 3 heteroatoms. The molecular formula is C7H14Cl2Si. The van der Waals surface area contributed by atoms with E-state index < -0.39 is 6.69 Å². The third kappa shape index (κ3) is 5.33. The lowest BCUT2D eigenvalue weighted by Crippen LogP contribution is -2.16. The molecular weight excluding hydrogens is 183 g/mol. The average molecular weight is 197 g/mol. The van der Waals surface area contributed by atoms with Gasteiger partial charge in [-0.15, -0.1) is 28.7 Å². The molecule has 0 N–H and O–H groups in total. The Morgan fingerprint density at radius 1 is 1.50 bits per heavy atom. The van der Waals surface area contributed by atoms with Gasteiger partial charge >= 0.3 is 0 Å². The average Bonchev–Trinajstić information content (AvgIpc) is 1.84. The van der Waals surface area contributed by atoms with E-state index in [0.29, 0.717) is 0 Å². The molecule has 0 fully saturated rings. The van der Waals surface area contributed by atoms with Crippen LogP contribution in [0.3, 0.4) is 0 Å². The third-order valence-electron chi connectivity index (χ3n) is 1.34. The van der Waals surface area contributed by atoms with E-state index in [1.165, 1.54) is 6.42 Å².